The number of carbonyl (C=O) groups excluding carboxylic acids is 1. The van der Waals surface area contributed by atoms with Gasteiger partial charge in [-0.3, -0.25) is 10.2 Å². The van der Waals surface area contributed by atoms with Crippen LogP contribution in [0.2, 0.25) is 5.02 Å². The third-order valence-electron chi connectivity index (χ3n) is 4.25. The highest BCUT2D eigenvalue weighted by Crippen LogP contribution is 2.26. The highest BCUT2D eigenvalue weighted by Gasteiger charge is 2.21. The summed E-state index contributed by atoms with van der Waals surface area (Å²) in [6.45, 7) is 2.17. The Bertz CT molecular complexity index is 1080. The van der Waals surface area contributed by atoms with Gasteiger partial charge in [0.25, 0.3) is 5.91 Å². The molecule has 1 aromatic carbocycles. The summed E-state index contributed by atoms with van der Waals surface area (Å²) in [5, 5.41) is 14.3. The van der Waals surface area contributed by atoms with Gasteiger partial charge in [-0.25, -0.2) is 14.4 Å². The fraction of sp³-hybridized carbons (Fsp3) is 0.263. The van der Waals surface area contributed by atoms with E-state index in [-0.39, 0.29) is 45.0 Å². The number of rotatable bonds is 7. The van der Waals surface area contributed by atoms with Crippen LogP contribution in [0.1, 0.15) is 28.5 Å². The first kappa shape index (κ1) is 20.7. The second-order valence-corrected chi connectivity index (χ2v) is 6.86. The predicted octanol–water partition coefficient (Wildman–Crippen LogP) is 2.97. The largest absolute Gasteiger partial charge is 0.387 e. The molecule has 1 amide bonds. The molecule has 152 valence electrons. The molecule has 0 radical (unpaired) electrons. The van der Waals surface area contributed by atoms with Crippen molar-refractivity contribution in [2.75, 3.05) is 26.1 Å². The Morgan fingerprint density at radius 3 is 2.90 bits per heavy atom. The minimum absolute atomic E-state index is 0.0146. The summed E-state index contributed by atoms with van der Waals surface area (Å²) in [4.78, 5) is 24.0. The summed E-state index contributed by atoms with van der Waals surface area (Å²) < 4.78 is 19.5. The Kier molecular flexibility index (Phi) is 6.09. The fourth-order valence-electron chi connectivity index (χ4n) is 2.93. The molecular weight excluding hydrogens is 399 g/mol. The molecule has 0 aliphatic heterocycles. The molecule has 1 atom stereocenters. The number of aromatic amines is 1. The van der Waals surface area contributed by atoms with Gasteiger partial charge in [0.1, 0.15) is 17.0 Å². The van der Waals surface area contributed by atoms with Crippen molar-refractivity contribution in [3.63, 3.8) is 0 Å². The Labute approximate surface area is 171 Å². The standard InChI is InChI=1S/C19H20ClFN6O2/c1-9(8-29-3)26-19(28)11-6-24-18-17(11)27-14(7-25-18)16(22)15-12(21)4-10(20)5-13(15)23-2/h4-7,9,22-23H,8H2,1-3H3,(H,24,25)(H,26,28). The number of anilines is 1. The third-order valence-corrected chi connectivity index (χ3v) is 4.47. The first-order chi connectivity index (χ1) is 13.8. The van der Waals surface area contributed by atoms with Gasteiger partial charge in [-0.15, -0.1) is 0 Å². The Balaban J connectivity index is 2.00. The molecule has 2 heterocycles. The minimum atomic E-state index is -0.658. The second-order valence-electron chi connectivity index (χ2n) is 6.42. The number of amides is 1. The number of methoxy groups -OCH3 is 1. The van der Waals surface area contributed by atoms with Gasteiger partial charge in [-0.2, -0.15) is 0 Å². The molecule has 1 unspecified atom stereocenters. The van der Waals surface area contributed by atoms with Crippen molar-refractivity contribution in [1.82, 2.24) is 20.3 Å². The number of carbonyl (C=O) groups is 1. The van der Waals surface area contributed by atoms with Crippen LogP contribution in [-0.2, 0) is 4.74 Å². The maximum Gasteiger partial charge on any atom is 0.255 e. The molecule has 29 heavy (non-hydrogen) atoms. The smallest absolute Gasteiger partial charge is 0.255 e. The van der Waals surface area contributed by atoms with Gasteiger partial charge in [0, 0.05) is 37.1 Å². The second kappa shape index (κ2) is 8.54. The minimum Gasteiger partial charge on any atom is -0.387 e. The molecule has 0 saturated carbocycles. The van der Waals surface area contributed by atoms with Gasteiger partial charge in [0.2, 0.25) is 0 Å². The van der Waals surface area contributed by atoms with Crippen LogP contribution in [0.25, 0.3) is 11.2 Å². The summed E-state index contributed by atoms with van der Waals surface area (Å²) in [6, 6.07) is 2.45. The van der Waals surface area contributed by atoms with Crippen molar-refractivity contribution >= 4 is 40.1 Å². The van der Waals surface area contributed by atoms with E-state index in [0.717, 1.165) is 6.07 Å². The van der Waals surface area contributed by atoms with Crippen molar-refractivity contribution in [3.8, 4) is 0 Å². The number of fused-ring (bicyclic) bond motifs is 1. The van der Waals surface area contributed by atoms with Crippen LogP contribution in [0.4, 0.5) is 10.1 Å². The lowest BCUT2D eigenvalue weighted by atomic mass is 10.0. The maximum absolute atomic E-state index is 14.5. The fourth-order valence-corrected chi connectivity index (χ4v) is 3.14. The number of nitrogens with one attached hydrogen (secondary N) is 4. The van der Waals surface area contributed by atoms with Crippen LogP contribution in [0, 0.1) is 11.2 Å². The van der Waals surface area contributed by atoms with Crippen molar-refractivity contribution in [1.29, 1.82) is 5.41 Å². The molecular formula is C19H20ClFN6O2. The molecule has 0 fully saturated rings. The van der Waals surface area contributed by atoms with Gasteiger partial charge in [-0.05, 0) is 19.1 Å². The number of ether oxygens (including phenoxy) is 1. The number of hydrogen-bond donors (Lipinski definition) is 4. The number of benzene rings is 1. The van der Waals surface area contributed by atoms with Gasteiger partial charge in [-0.1, -0.05) is 11.6 Å². The molecule has 3 rings (SSSR count). The number of aromatic nitrogens is 3. The van der Waals surface area contributed by atoms with E-state index in [0.29, 0.717) is 17.9 Å². The SMILES string of the molecule is CNc1cc(Cl)cc(F)c1C(=N)c1cnc2[nH]cc(C(=O)NC(C)COC)c2n1. The van der Waals surface area contributed by atoms with E-state index in [2.05, 4.69) is 25.6 Å². The highest BCUT2D eigenvalue weighted by atomic mass is 35.5. The summed E-state index contributed by atoms with van der Waals surface area (Å²) in [6.07, 6.45) is 2.85. The van der Waals surface area contributed by atoms with Crippen LogP contribution < -0.4 is 10.6 Å². The number of nitrogens with zero attached hydrogens (tertiary/aromatic N) is 2. The normalized spacial score (nSPS) is 12.0. The van der Waals surface area contributed by atoms with Crippen LogP contribution in [0.5, 0.6) is 0 Å². The first-order valence-electron chi connectivity index (χ1n) is 8.75. The van der Waals surface area contributed by atoms with Gasteiger partial charge in [0.15, 0.2) is 5.65 Å². The van der Waals surface area contributed by atoms with Crippen LogP contribution in [-0.4, -0.2) is 53.4 Å². The lowest BCUT2D eigenvalue weighted by Gasteiger charge is -2.13. The molecule has 0 aliphatic rings. The van der Waals surface area contributed by atoms with Crippen LogP contribution >= 0.6 is 11.6 Å². The average molecular weight is 419 g/mol. The maximum atomic E-state index is 14.5. The predicted molar refractivity (Wildman–Crippen MR) is 110 cm³/mol. The van der Waals surface area contributed by atoms with Crippen molar-refractivity contribution in [2.45, 2.75) is 13.0 Å². The van der Waals surface area contributed by atoms with Gasteiger partial charge < -0.3 is 20.4 Å². The molecule has 10 heteroatoms. The lowest BCUT2D eigenvalue weighted by molar-refractivity contribution is 0.0907. The molecule has 0 bridgehead atoms. The lowest BCUT2D eigenvalue weighted by Crippen LogP contribution is -2.35. The summed E-state index contributed by atoms with van der Waals surface area (Å²) in [5.41, 5.74) is 1.25. The van der Waals surface area contributed by atoms with E-state index in [1.807, 2.05) is 6.92 Å². The zero-order valence-electron chi connectivity index (χ0n) is 16.1. The zero-order valence-corrected chi connectivity index (χ0v) is 16.8. The molecule has 4 N–H and O–H groups in total. The molecule has 0 aliphatic carbocycles. The molecule has 2 aromatic heterocycles. The van der Waals surface area contributed by atoms with Crippen molar-refractivity contribution in [3.05, 3.63) is 52.2 Å². The van der Waals surface area contributed by atoms with E-state index in [9.17, 15) is 9.18 Å². The van der Waals surface area contributed by atoms with Gasteiger partial charge >= 0.3 is 0 Å². The molecule has 3 aromatic rings. The van der Waals surface area contributed by atoms with E-state index < -0.39 is 5.82 Å². The van der Waals surface area contributed by atoms with Gasteiger partial charge in [0.05, 0.1) is 29.6 Å². The van der Waals surface area contributed by atoms with Crippen LogP contribution in [0.3, 0.4) is 0 Å². The highest BCUT2D eigenvalue weighted by molar-refractivity contribution is 6.31. The summed E-state index contributed by atoms with van der Waals surface area (Å²) in [7, 11) is 3.15. The Hall–Kier alpha value is -3.04. The van der Waals surface area contributed by atoms with E-state index in [1.165, 1.54) is 18.5 Å². The zero-order chi connectivity index (χ0) is 21.1. The van der Waals surface area contributed by atoms with E-state index in [1.54, 1.807) is 14.2 Å². The van der Waals surface area contributed by atoms with Crippen molar-refractivity contribution in [2.24, 2.45) is 0 Å². The van der Waals surface area contributed by atoms with Crippen LogP contribution in [0.15, 0.2) is 24.5 Å². The van der Waals surface area contributed by atoms with E-state index >= 15 is 0 Å². The number of halogens is 2. The number of hydrogen-bond acceptors (Lipinski definition) is 6. The summed E-state index contributed by atoms with van der Waals surface area (Å²) >= 11 is 5.90. The van der Waals surface area contributed by atoms with E-state index in [4.69, 9.17) is 21.7 Å². The average Bonchev–Trinajstić information content (AvgIpc) is 3.10. The topological polar surface area (TPSA) is 116 Å². The molecule has 8 nitrogen and oxygen atoms in total. The quantitative estimate of drug-likeness (QED) is 0.440. The Morgan fingerprint density at radius 2 is 2.21 bits per heavy atom. The number of H-pyrrole nitrogens is 1. The first-order valence-corrected chi connectivity index (χ1v) is 9.13. The van der Waals surface area contributed by atoms with Crippen molar-refractivity contribution < 1.29 is 13.9 Å². The molecule has 0 spiro atoms. The monoisotopic (exact) mass is 418 g/mol. The third kappa shape index (κ3) is 4.20. The summed E-state index contributed by atoms with van der Waals surface area (Å²) in [5.74, 6) is -1.01. The molecule has 0 saturated heterocycles. The Morgan fingerprint density at radius 1 is 1.45 bits per heavy atom.